The van der Waals surface area contributed by atoms with Gasteiger partial charge in [-0.2, -0.15) is 0 Å². The molecular weight excluding hydrogens is 328 g/mol. The van der Waals surface area contributed by atoms with Crippen LogP contribution in [0, 0.1) is 11.6 Å². The van der Waals surface area contributed by atoms with Crippen molar-refractivity contribution in [3.05, 3.63) is 63.6 Å². The number of para-hydroxylation sites is 1. The number of hydrogen-bond acceptors (Lipinski definition) is 2. The van der Waals surface area contributed by atoms with Crippen molar-refractivity contribution in [1.29, 1.82) is 0 Å². The zero-order valence-corrected chi connectivity index (χ0v) is 12.5. The van der Waals surface area contributed by atoms with E-state index in [1.165, 1.54) is 12.1 Å². The summed E-state index contributed by atoms with van der Waals surface area (Å²) in [5, 5.41) is 0. The molecule has 0 saturated heterocycles. The zero-order chi connectivity index (χ0) is 14.7. The molecule has 0 radical (unpaired) electrons. The Labute approximate surface area is 124 Å². The van der Waals surface area contributed by atoms with E-state index in [-0.39, 0.29) is 5.56 Å². The molecule has 0 spiro atoms. The zero-order valence-electron chi connectivity index (χ0n) is 10.9. The normalized spacial score (nSPS) is 12.2. The van der Waals surface area contributed by atoms with Gasteiger partial charge in [-0.1, -0.05) is 34.1 Å². The molecule has 2 N–H and O–H groups in total. The fraction of sp³-hybridized carbons (Fsp3) is 0.200. The summed E-state index contributed by atoms with van der Waals surface area (Å²) in [5.41, 5.74) is 6.65. The van der Waals surface area contributed by atoms with Crippen LogP contribution in [0.1, 0.15) is 17.2 Å². The quantitative estimate of drug-likeness (QED) is 0.912. The molecule has 2 aromatic carbocycles. The second-order valence-electron chi connectivity index (χ2n) is 4.41. The molecule has 0 aliphatic heterocycles. The second-order valence-corrected chi connectivity index (χ2v) is 5.32. The Morgan fingerprint density at radius 1 is 1.20 bits per heavy atom. The highest BCUT2D eigenvalue weighted by Gasteiger charge is 2.19. The molecule has 0 bridgehead atoms. The third kappa shape index (κ3) is 3.16. The van der Waals surface area contributed by atoms with Crippen LogP contribution in [0.25, 0.3) is 0 Å². The van der Waals surface area contributed by atoms with Crippen LogP contribution >= 0.6 is 15.9 Å². The molecule has 106 valence electrons. The van der Waals surface area contributed by atoms with Crippen molar-refractivity contribution in [2.75, 3.05) is 7.11 Å². The summed E-state index contributed by atoms with van der Waals surface area (Å²) in [6.07, 6.45) is 0.291. The Morgan fingerprint density at radius 3 is 2.40 bits per heavy atom. The first kappa shape index (κ1) is 14.9. The van der Waals surface area contributed by atoms with Crippen LogP contribution in [0.5, 0.6) is 5.75 Å². The minimum absolute atomic E-state index is 0.112. The molecule has 0 saturated carbocycles. The molecule has 0 aromatic heterocycles. The predicted octanol–water partition coefficient (Wildman–Crippen LogP) is 3.98. The van der Waals surface area contributed by atoms with Gasteiger partial charge >= 0.3 is 0 Å². The molecule has 1 unspecified atom stereocenters. The lowest BCUT2D eigenvalue weighted by atomic mass is 9.98. The summed E-state index contributed by atoms with van der Waals surface area (Å²) < 4.78 is 33.3. The van der Waals surface area contributed by atoms with E-state index in [4.69, 9.17) is 10.5 Å². The molecule has 2 aromatic rings. The minimum Gasteiger partial charge on any atom is -0.496 e. The average Bonchev–Trinajstić information content (AvgIpc) is 2.38. The number of ether oxygens (including phenoxy) is 1. The van der Waals surface area contributed by atoms with Gasteiger partial charge in [-0.25, -0.2) is 8.78 Å². The topological polar surface area (TPSA) is 35.2 Å². The average molecular weight is 342 g/mol. The smallest absolute Gasteiger partial charge is 0.132 e. The summed E-state index contributed by atoms with van der Waals surface area (Å²) in [7, 11) is 1.55. The SMILES string of the molecule is COc1ccccc1CC(N)c1c(F)cc(Br)cc1F. The van der Waals surface area contributed by atoms with Gasteiger partial charge in [-0.15, -0.1) is 0 Å². The van der Waals surface area contributed by atoms with Crippen LogP contribution in [0.4, 0.5) is 8.78 Å². The van der Waals surface area contributed by atoms with Crippen molar-refractivity contribution in [3.63, 3.8) is 0 Å². The number of hydrogen-bond donors (Lipinski definition) is 1. The van der Waals surface area contributed by atoms with Gasteiger partial charge in [0.15, 0.2) is 0 Å². The Balaban J connectivity index is 2.31. The monoisotopic (exact) mass is 341 g/mol. The lowest BCUT2D eigenvalue weighted by Crippen LogP contribution is -2.17. The van der Waals surface area contributed by atoms with E-state index in [0.29, 0.717) is 16.6 Å². The van der Waals surface area contributed by atoms with Gasteiger partial charge < -0.3 is 10.5 Å². The van der Waals surface area contributed by atoms with Crippen molar-refractivity contribution >= 4 is 15.9 Å². The van der Waals surface area contributed by atoms with Crippen molar-refractivity contribution < 1.29 is 13.5 Å². The van der Waals surface area contributed by atoms with Crippen LogP contribution in [0.2, 0.25) is 0 Å². The molecule has 2 rings (SSSR count). The van der Waals surface area contributed by atoms with E-state index < -0.39 is 17.7 Å². The number of benzene rings is 2. The first-order valence-electron chi connectivity index (χ1n) is 6.05. The van der Waals surface area contributed by atoms with Gasteiger partial charge in [0.05, 0.1) is 7.11 Å². The lowest BCUT2D eigenvalue weighted by molar-refractivity contribution is 0.407. The molecule has 0 aliphatic rings. The highest BCUT2D eigenvalue weighted by Crippen LogP contribution is 2.28. The standard InChI is InChI=1S/C15H14BrF2NO/c1-20-14-5-3-2-4-9(14)6-13(19)15-11(17)7-10(16)8-12(15)18/h2-5,7-8,13H,6,19H2,1H3. The third-order valence-electron chi connectivity index (χ3n) is 3.05. The third-order valence-corrected chi connectivity index (χ3v) is 3.50. The Kier molecular flexibility index (Phi) is 4.73. The predicted molar refractivity (Wildman–Crippen MR) is 77.7 cm³/mol. The summed E-state index contributed by atoms with van der Waals surface area (Å²) in [6, 6.07) is 8.91. The van der Waals surface area contributed by atoms with Crippen LogP contribution in [-0.2, 0) is 6.42 Å². The molecule has 5 heteroatoms. The van der Waals surface area contributed by atoms with Gasteiger partial charge in [0.1, 0.15) is 17.4 Å². The second kappa shape index (κ2) is 6.33. The van der Waals surface area contributed by atoms with Crippen LogP contribution in [-0.4, -0.2) is 7.11 Å². The summed E-state index contributed by atoms with van der Waals surface area (Å²) >= 11 is 3.05. The number of halogens is 3. The molecule has 0 aliphatic carbocycles. The highest BCUT2D eigenvalue weighted by molar-refractivity contribution is 9.10. The Hall–Kier alpha value is -1.46. The van der Waals surface area contributed by atoms with Crippen molar-refractivity contribution in [1.82, 2.24) is 0 Å². The maximum absolute atomic E-state index is 13.9. The van der Waals surface area contributed by atoms with Crippen LogP contribution < -0.4 is 10.5 Å². The lowest BCUT2D eigenvalue weighted by Gasteiger charge is -2.16. The van der Waals surface area contributed by atoms with Crippen molar-refractivity contribution in [2.45, 2.75) is 12.5 Å². The van der Waals surface area contributed by atoms with E-state index in [9.17, 15) is 8.78 Å². The molecule has 20 heavy (non-hydrogen) atoms. The molecule has 0 heterocycles. The van der Waals surface area contributed by atoms with E-state index >= 15 is 0 Å². The van der Waals surface area contributed by atoms with Gasteiger partial charge in [0.2, 0.25) is 0 Å². The molecule has 0 amide bonds. The van der Waals surface area contributed by atoms with Gasteiger partial charge in [0, 0.05) is 16.1 Å². The van der Waals surface area contributed by atoms with Crippen molar-refractivity contribution in [2.24, 2.45) is 5.73 Å². The molecule has 0 fully saturated rings. The minimum atomic E-state index is -0.778. The number of methoxy groups -OCH3 is 1. The molecule has 1 atom stereocenters. The van der Waals surface area contributed by atoms with Crippen LogP contribution in [0.3, 0.4) is 0 Å². The Morgan fingerprint density at radius 2 is 1.80 bits per heavy atom. The first-order chi connectivity index (χ1) is 9.52. The largest absolute Gasteiger partial charge is 0.496 e. The summed E-state index contributed by atoms with van der Waals surface area (Å²) in [4.78, 5) is 0. The van der Waals surface area contributed by atoms with Crippen LogP contribution in [0.15, 0.2) is 40.9 Å². The molecule has 2 nitrogen and oxygen atoms in total. The van der Waals surface area contributed by atoms with E-state index in [1.54, 1.807) is 13.2 Å². The van der Waals surface area contributed by atoms with E-state index in [1.807, 2.05) is 18.2 Å². The summed E-state index contributed by atoms with van der Waals surface area (Å²) in [6.45, 7) is 0. The van der Waals surface area contributed by atoms with Gasteiger partial charge in [0.25, 0.3) is 0 Å². The fourth-order valence-corrected chi connectivity index (χ4v) is 2.52. The maximum Gasteiger partial charge on any atom is 0.132 e. The van der Waals surface area contributed by atoms with E-state index in [0.717, 1.165) is 5.56 Å². The molecular formula is C15H14BrF2NO. The highest BCUT2D eigenvalue weighted by atomic mass is 79.9. The fourth-order valence-electron chi connectivity index (χ4n) is 2.12. The number of rotatable bonds is 4. The summed E-state index contributed by atoms with van der Waals surface area (Å²) in [5.74, 6) is -0.653. The maximum atomic E-state index is 13.9. The van der Waals surface area contributed by atoms with Gasteiger partial charge in [-0.05, 0) is 30.2 Å². The number of nitrogens with two attached hydrogens (primary N) is 1. The van der Waals surface area contributed by atoms with E-state index in [2.05, 4.69) is 15.9 Å². The van der Waals surface area contributed by atoms with Crippen molar-refractivity contribution in [3.8, 4) is 5.75 Å². The Bertz CT molecular complexity index is 596. The first-order valence-corrected chi connectivity index (χ1v) is 6.84. The van der Waals surface area contributed by atoms with Gasteiger partial charge in [-0.3, -0.25) is 0 Å².